The molecule has 0 radical (unpaired) electrons. The highest BCUT2D eigenvalue weighted by molar-refractivity contribution is 7.92. The van der Waals surface area contributed by atoms with E-state index in [-0.39, 0.29) is 5.75 Å². The summed E-state index contributed by atoms with van der Waals surface area (Å²) in [4.78, 5) is 6.54. The summed E-state index contributed by atoms with van der Waals surface area (Å²) >= 11 is 0. The molecule has 0 saturated carbocycles. The molecule has 3 rings (SSSR count). The normalized spacial score (nSPS) is 16.0. The molecular formula is C16H21N3O2S. The van der Waals surface area contributed by atoms with Crippen molar-refractivity contribution >= 4 is 32.2 Å². The van der Waals surface area contributed by atoms with Crippen molar-refractivity contribution in [3.63, 3.8) is 0 Å². The van der Waals surface area contributed by atoms with Gasteiger partial charge in [0, 0.05) is 41.9 Å². The van der Waals surface area contributed by atoms with E-state index in [2.05, 4.69) is 14.6 Å². The van der Waals surface area contributed by atoms with Gasteiger partial charge in [-0.3, -0.25) is 9.71 Å². The maximum absolute atomic E-state index is 11.9. The predicted molar refractivity (Wildman–Crippen MR) is 90.9 cm³/mol. The van der Waals surface area contributed by atoms with Gasteiger partial charge in [0.05, 0.1) is 11.4 Å². The van der Waals surface area contributed by atoms with Crippen LogP contribution in [0.3, 0.4) is 0 Å². The van der Waals surface area contributed by atoms with Gasteiger partial charge in [-0.2, -0.15) is 0 Å². The first-order valence-electron chi connectivity index (χ1n) is 7.73. The van der Waals surface area contributed by atoms with E-state index >= 15 is 0 Å². The first-order chi connectivity index (χ1) is 10.6. The molecule has 1 N–H and O–H groups in total. The Morgan fingerprint density at radius 2 is 1.91 bits per heavy atom. The highest BCUT2D eigenvalue weighted by Crippen LogP contribution is 2.33. The number of pyridine rings is 1. The van der Waals surface area contributed by atoms with E-state index < -0.39 is 10.0 Å². The van der Waals surface area contributed by atoms with Gasteiger partial charge in [0.25, 0.3) is 0 Å². The molecule has 1 aliphatic heterocycles. The zero-order valence-corrected chi connectivity index (χ0v) is 13.6. The van der Waals surface area contributed by atoms with Crippen molar-refractivity contribution in [2.24, 2.45) is 0 Å². The Morgan fingerprint density at radius 1 is 1.14 bits per heavy atom. The average Bonchev–Trinajstić information content (AvgIpc) is 2.56. The quantitative estimate of drug-likeness (QED) is 0.941. The van der Waals surface area contributed by atoms with Crippen LogP contribution in [0.5, 0.6) is 0 Å². The Balaban J connectivity index is 2.07. The lowest BCUT2D eigenvalue weighted by Crippen LogP contribution is -2.29. The standard InChI is InChI=1S/C16H21N3O2S/c1-2-22(20,21)18-15-6-7-16(19-10-4-3-5-11-19)13-8-9-17-12-14(13)15/h6-9,12,18H,2-5,10-11H2,1H3. The molecule has 0 aliphatic carbocycles. The van der Waals surface area contributed by atoms with Gasteiger partial charge in [0.2, 0.25) is 10.0 Å². The maximum atomic E-state index is 11.9. The van der Waals surface area contributed by atoms with E-state index in [1.54, 1.807) is 19.3 Å². The van der Waals surface area contributed by atoms with Gasteiger partial charge in [0.1, 0.15) is 0 Å². The zero-order valence-electron chi connectivity index (χ0n) is 12.7. The summed E-state index contributed by atoms with van der Waals surface area (Å²) in [6.45, 7) is 3.74. The Kier molecular flexibility index (Phi) is 4.20. The van der Waals surface area contributed by atoms with Crippen molar-refractivity contribution in [1.29, 1.82) is 0 Å². The molecule has 6 heteroatoms. The molecular weight excluding hydrogens is 298 g/mol. The van der Waals surface area contributed by atoms with Gasteiger partial charge in [-0.25, -0.2) is 8.42 Å². The minimum atomic E-state index is -3.29. The molecule has 0 spiro atoms. The number of hydrogen-bond acceptors (Lipinski definition) is 4. The van der Waals surface area contributed by atoms with Crippen molar-refractivity contribution in [3.05, 3.63) is 30.6 Å². The van der Waals surface area contributed by atoms with Crippen LogP contribution in [0.2, 0.25) is 0 Å². The minimum Gasteiger partial charge on any atom is -0.371 e. The third kappa shape index (κ3) is 3.02. The van der Waals surface area contributed by atoms with Gasteiger partial charge in [-0.15, -0.1) is 0 Å². The van der Waals surface area contributed by atoms with Crippen LogP contribution in [-0.4, -0.2) is 32.2 Å². The summed E-state index contributed by atoms with van der Waals surface area (Å²) < 4.78 is 26.4. The Morgan fingerprint density at radius 3 is 2.64 bits per heavy atom. The second-order valence-corrected chi connectivity index (χ2v) is 7.62. The summed E-state index contributed by atoms with van der Waals surface area (Å²) in [6.07, 6.45) is 7.18. The van der Waals surface area contributed by atoms with E-state index in [0.29, 0.717) is 5.69 Å². The second-order valence-electron chi connectivity index (χ2n) is 5.61. The summed E-state index contributed by atoms with van der Waals surface area (Å²) in [5.74, 6) is 0.0582. The number of anilines is 2. The molecule has 2 aromatic rings. The van der Waals surface area contributed by atoms with Crippen LogP contribution in [0, 0.1) is 0 Å². The van der Waals surface area contributed by atoms with Gasteiger partial charge < -0.3 is 4.90 Å². The fraction of sp³-hybridized carbons (Fsp3) is 0.438. The molecule has 0 atom stereocenters. The van der Waals surface area contributed by atoms with Crippen molar-refractivity contribution in [2.75, 3.05) is 28.5 Å². The van der Waals surface area contributed by atoms with Crippen LogP contribution in [0.15, 0.2) is 30.6 Å². The van der Waals surface area contributed by atoms with Gasteiger partial charge >= 0.3 is 0 Å². The number of nitrogens with zero attached hydrogens (tertiary/aromatic N) is 2. The molecule has 5 nitrogen and oxygen atoms in total. The third-order valence-corrected chi connectivity index (χ3v) is 5.43. The zero-order chi connectivity index (χ0) is 15.6. The number of hydrogen-bond donors (Lipinski definition) is 1. The Hall–Kier alpha value is -1.82. The van der Waals surface area contributed by atoms with Crippen molar-refractivity contribution in [3.8, 4) is 0 Å². The first kappa shape index (κ1) is 15.1. The molecule has 1 aromatic heterocycles. The molecule has 1 saturated heterocycles. The van der Waals surface area contributed by atoms with Crippen LogP contribution in [0.1, 0.15) is 26.2 Å². The van der Waals surface area contributed by atoms with E-state index in [4.69, 9.17) is 0 Å². The molecule has 1 fully saturated rings. The van der Waals surface area contributed by atoms with Crippen LogP contribution < -0.4 is 9.62 Å². The van der Waals surface area contributed by atoms with Gasteiger partial charge in [-0.1, -0.05) is 0 Å². The minimum absolute atomic E-state index is 0.0582. The summed E-state index contributed by atoms with van der Waals surface area (Å²) in [5, 5.41) is 1.90. The lowest BCUT2D eigenvalue weighted by molar-refractivity contribution is 0.579. The van der Waals surface area contributed by atoms with Crippen LogP contribution >= 0.6 is 0 Å². The highest BCUT2D eigenvalue weighted by Gasteiger charge is 2.16. The number of sulfonamides is 1. The first-order valence-corrected chi connectivity index (χ1v) is 9.38. The monoisotopic (exact) mass is 319 g/mol. The summed E-state index contributed by atoms with van der Waals surface area (Å²) in [6, 6.07) is 5.82. The molecule has 1 aliphatic rings. The molecule has 0 unspecified atom stereocenters. The van der Waals surface area contributed by atoms with Crippen molar-refractivity contribution in [1.82, 2.24) is 4.98 Å². The lowest BCUT2D eigenvalue weighted by atomic mass is 10.1. The average molecular weight is 319 g/mol. The number of nitrogens with one attached hydrogen (secondary N) is 1. The van der Waals surface area contributed by atoms with E-state index in [1.807, 2.05) is 18.2 Å². The summed E-state index contributed by atoms with van der Waals surface area (Å²) in [7, 11) is -3.29. The molecule has 0 amide bonds. The molecule has 1 aromatic carbocycles. The molecule has 22 heavy (non-hydrogen) atoms. The van der Waals surface area contributed by atoms with Crippen molar-refractivity contribution < 1.29 is 8.42 Å². The van der Waals surface area contributed by atoms with Crippen molar-refractivity contribution in [2.45, 2.75) is 26.2 Å². The fourth-order valence-corrected chi connectivity index (χ4v) is 3.57. The molecule has 118 valence electrons. The van der Waals surface area contributed by atoms with E-state index in [0.717, 1.165) is 29.5 Å². The van der Waals surface area contributed by atoms with E-state index in [1.165, 1.54) is 19.3 Å². The number of fused-ring (bicyclic) bond motifs is 1. The Bertz CT molecular complexity index is 768. The van der Waals surface area contributed by atoms with E-state index in [9.17, 15) is 8.42 Å². The Labute approximate surface area is 131 Å². The lowest BCUT2D eigenvalue weighted by Gasteiger charge is -2.30. The number of aromatic nitrogens is 1. The maximum Gasteiger partial charge on any atom is 0.232 e. The highest BCUT2D eigenvalue weighted by atomic mass is 32.2. The molecule has 0 bridgehead atoms. The number of rotatable bonds is 4. The van der Waals surface area contributed by atoms with Crippen LogP contribution in [0.4, 0.5) is 11.4 Å². The smallest absolute Gasteiger partial charge is 0.232 e. The SMILES string of the molecule is CCS(=O)(=O)Nc1ccc(N2CCCCC2)c2ccncc12. The number of piperidine rings is 1. The fourth-order valence-electron chi connectivity index (χ4n) is 2.91. The van der Waals surface area contributed by atoms with Crippen LogP contribution in [-0.2, 0) is 10.0 Å². The predicted octanol–water partition coefficient (Wildman–Crippen LogP) is 2.99. The summed E-state index contributed by atoms with van der Waals surface area (Å²) in [5.41, 5.74) is 1.77. The molecule has 2 heterocycles. The number of benzene rings is 1. The van der Waals surface area contributed by atoms with Gasteiger partial charge in [-0.05, 0) is 44.4 Å². The van der Waals surface area contributed by atoms with Gasteiger partial charge in [0.15, 0.2) is 0 Å². The topological polar surface area (TPSA) is 62.3 Å². The second kappa shape index (κ2) is 6.12. The third-order valence-electron chi connectivity index (χ3n) is 4.14. The largest absolute Gasteiger partial charge is 0.371 e. The van der Waals surface area contributed by atoms with Crippen LogP contribution in [0.25, 0.3) is 10.8 Å².